The number of hydrogen-bond donors (Lipinski definition) is 0. The molecule has 0 amide bonds. The van der Waals surface area contributed by atoms with E-state index in [1.807, 2.05) is 4.90 Å². The van der Waals surface area contributed by atoms with Crippen molar-refractivity contribution in [2.24, 2.45) is 0 Å². The van der Waals surface area contributed by atoms with Crippen molar-refractivity contribution in [3.8, 4) is 17.2 Å². The number of ketones is 1. The third kappa shape index (κ3) is 4.71. The molecule has 0 spiro atoms. The highest BCUT2D eigenvalue weighted by Gasteiger charge is 2.23. The van der Waals surface area contributed by atoms with E-state index >= 15 is 0 Å². The molecule has 3 aromatic rings. The number of anilines is 1. The number of ether oxygens (including phenoxy) is 3. The number of Topliss-reactive ketones (excluding diaryl/α,β-unsaturated/α-hetero) is 1. The van der Waals surface area contributed by atoms with Crippen LogP contribution < -0.4 is 14.4 Å². The minimum atomic E-state index is -0.362. The Labute approximate surface area is 189 Å². The van der Waals surface area contributed by atoms with Gasteiger partial charge in [-0.1, -0.05) is 17.8 Å². The minimum Gasteiger partial charge on any atom is -0.497 e. The van der Waals surface area contributed by atoms with Crippen LogP contribution in [-0.4, -0.2) is 66.8 Å². The third-order valence-corrected chi connectivity index (χ3v) is 5.95. The average molecular weight is 459 g/mol. The van der Waals surface area contributed by atoms with Gasteiger partial charge in [-0.15, -0.1) is 10.2 Å². The summed E-state index contributed by atoms with van der Waals surface area (Å²) in [6.07, 6.45) is 0. The maximum absolute atomic E-state index is 14.0. The molecule has 0 unspecified atom stereocenters. The summed E-state index contributed by atoms with van der Waals surface area (Å²) in [4.78, 5) is 15.0. The summed E-state index contributed by atoms with van der Waals surface area (Å²) < 4.78 is 31.7. The molecule has 8 nitrogen and oxygen atoms in total. The molecule has 1 aliphatic rings. The Morgan fingerprint density at radius 1 is 1.12 bits per heavy atom. The van der Waals surface area contributed by atoms with Crippen LogP contribution in [0.5, 0.6) is 11.5 Å². The highest BCUT2D eigenvalue weighted by molar-refractivity contribution is 7.99. The van der Waals surface area contributed by atoms with E-state index in [9.17, 15) is 9.18 Å². The summed E-state index contributed by atoms with van der Waals surface area (Å²) in [6.45, 7) is 2.46. The molecule has 1 aromatic heterocycles. The zero-order chi connectivity index (χ0) is 22.5. The number of nitrogens with zero attached hydrogens (tertiary/aromatic N) is 4. The largest absolute Gasteiger partial charge is 0.497 e. The maximum atomic E-state index is 14.0. The fraction of sp³-hybridized carbons (Fsp3) is 0.318. The van der Waals surface area contributed by atoms with Gasteiger partial charge < -0.3 is 19.1 Å². The number of carbonyl (C=O) groups is 1. The molecule has 0 bridgehead atoms. The maximum Gasteiger partial charge on any atom is 0.232 e. The zero-order valence-corrected chi connectivity index (χ0v) is 18.6. The molecule has 4 rings (SSSR count). The van der Waals surface area contributed by atoms with Crippen LogP contribution in [0.3, 0.4) is 0 Å². The minimum absolute atomic E-state index is 0.110. The molecule has 1 fully saturated rings. The monoisotopic (exact) mass is 458 g/mol. The number of morpholine rings is 1. The number of halogens is 1. The highest BCUT2D eigenvalue weighted by Crippen LogP contribution is 2.30. The van der Waals surface area contributed by atoms with Crippen LogP contribution >= 0.6 is 11.8 Å². The number of aromatic nitrogens is 3. The van der Waals surface area contributed by atoms with E-state index in [1.54, 1.807) is 42.0 Å². The number of hydrogen-bond acceptors (Lipinski definition) is 8. The summed E-state index contributed by atoms with van der Waals surface area (Å²) >= 11 is 1.24. The second-order valence-electron chi connectivity index (χ2n) is 6.98. The predicted octanol–water partition coefficient (Wildman–Crippen LogP) is 3.24. The number of methoxy groups -OCH3 is 2. The van der Waals surface area contributed by atoms with Crippen molar-refractivity contribution in [3.05, 3.63) is 53.8 Å². The first kappa shape index (κ1) is 22.1. The molecule has 168 valence electrons. The molecular formula is C22H23FN4O4S. The fourth-order valence-corrected chi connectivity index (χ4v) is 4.23. The Bertz CT molecular complexity index is 1100. The van der Waals surface area contributed by atoms with Crippen LogP contribution in [0.25, 0.3) is 5.69 Å². The van der Waals surface area contributed by atoms with E-state index in [4.69, 9.17) is 14.2 Å². The van der Waals surface area contributed by atoms with E-state index in [2.05, 4.69) is 10.2 Å². The number of thioether (sulfide) groups is 1. The van der Waals surface area contributed by atoms with Crippen molar-refractivity contribution in [1.82, 2.24) is 14.8 Å². The quantitative estimate of drug-likeness (QED) is 0.376. The number of carbonyl (C=O) groups excluding carboxylic acids is 1. The van der Waals surface area contributed by atoms with Crippen molar-refractivity contribution in [1.29, 1.82) is 0 Å². The Morgan fingerprint density at radius 3 is 2.66 bits per heavy atom. The van der Waals surface area contributed by atoms with Gasteiger partial charge in [0.15, 0.2) is 10.9 Å². The van der Waals surface area contributed by atoms with Crippen molar-refractivity contribution in [2.45, 2.75) is 5.16 Å². The Kier molecular flexibility index (Phi) is 6.91. The standard InChI is InChI=1S/C22H23FN4O4S/c1-29-17-6-7-18(20(13-17)30-2)19(28)14-32-22-25-24-21(26-8-10-31-11-9-26)27(22)16-5-3-4-15(23)12-16/h3-7,12-13H,8-11,14H2,1-2H3. The molecule has 0 saturated carbocycles. The van der Waals surface area contributed by atoms with E-state index in [1.165, 1.54) is 31.0 Å². The first-order valence-electron chi connectivity index (χ1n) is 10.0. The second-order valence-corrected chi connectivity index (χ2v) is 7.92. The Morgan fingerprint density at radius 2 is 1.94 bits per heavy atom. The van der Waals surface area contributed by atoms with Crippen LogP contribution in [-0.2, 0) is 4.74 Å². The van der Waals surface area contributed by atoms with Crippen molar-refractivity contribution in [3.63, 3.8) is 0 Å². The summed E-state index contributed by atoms with van der Waals surface area (Å²) in [7, 11) is 3.06. The molecule has 0 atom stereocenters. The van der Waals surface area contributed by atoms with Gasteiger partial charge in [-0.05, 0) is 30.3 Å². The van der Waals surface area contributed by atoms with E-state index in [-0.39, 0.29) is 17.4 Å². The van der Waals surface area contributed by atoms with Crippen molar-refractivity contribution in [2.75, 3.05) is 51.2 Å². The molecule has 10 heteroatoms. The average Bonchev–Trinajstić information content (AvgIpc) is 3.26. The summed E-state index contributed by atoms with van der Waals surface area (Å²) in [5.41, 5.74) is 1.04. The van der Waals surface area contributed by atoms with Crippen molar-refractivity contribution < 1.29 is 23.4 Å². The van der Waals surface area contributed by atoms with Crippen LogP contribution in [0, 0.1) is 5.82 Å². The SMILES string of the molecule is COc1ccc(C(=O)CSc2nnc(N3CCOCC3)n2-c2cccc(F)c2)c(OC)c1. The normalized spacial score (nSPS) is 13.8. The molecule has 32 heavy (non-hydrogen) atoms. The van der Waals surface area contributed by atoms with Gasteiger partial charge in [-0.25, -0.2) is 4.39 Å². The topological polar surface area (TPSA) is 78.7 Å². The summed E-state index contributed by atoms with van der Waals surface area (Å²) in [6, 6.07) is 11.3. The number of rotatable bonds is 8. The van der Waals surface area contributed by atoms with Gasteiger partial charge >= 0.3 is 0 Å². The lowest BCUT2D eigenvalue weighted by molar-refractivity contribution is 0.101. The third-order valence-electron chi connectivity index (χ3n) is 5.02. The molecule has 0 radical (unpaired) electrons. The van der Waals surface area contributed by atoms with E-state index in [0.29, 0.717) is 60.2 Å². The van der Waals surface area contributed by atoms with Crippen LogP contribution in [0.15, 0.2) is 47.6 Å². The number of benzene rings is 2. The summed E-state index contributed by atoms with van der Waals surface area (Å²) in [5, 5.41) is 9.14. The molecule has 0 aliphatic carbocycles. The van der Waals surface area contributed by atoms with Crippen LogP contribution in [0.4, 0.5) is 10.3 Å². The predicted molar refractivity (Wildman–Crippen MR) is 119 cm³/mol. The van der Waals surface area contributed by atoms with Gasteiger partial charge in [0.2, 0.25) is 5.95 Å². The second kappa shape index (κ2) is 10.0. The fourth-order valence-electron chi connectivity index (χ4n) is 3.40. The molecule has 2 heterocycles. The molecule has 2 aromatic carbocycles. The Hall–Kier alpha value is -3.11. The summed E-state index contributed by atoms with van der Waals surface area (Å²) in [5.74, 6) is 1.26. The van der Waals surface area contributed by atoms with Crippen LogP contribution in [0.1, 0.15) is 10.4 Å². The first-order valence-corrected chi connectivity index (χ1v) is 11.0. The first-order chi connectivity index (χ1) is 15.6. The zero-order valence-electron chi connectivity index (χ0n) is 17.8. The van der Waals surface area contributed by atoms with Gasteiger partial charge in [0.05, 0.1) is 44.4 Å². The van der Waals surface area contributed by atoms with Gasteiger partial charge in [0.1, 0.15) is 17.3 Å². The van der Waals surface area contributed by atoms with Gasteiger partial charge in [-0.2, -0.15) is 0 Å². The Balaban J connectivity index is 1.61. The van der Waals surface area contributed by atoms with Gasteiger partial charge in [0.25, 0.3) is 0 Å². The lowest BCUT2D eigenvalue weighted by Gasteiger charge is -2.27. The lowest BCUT2D eigenvalue weighted by atomic mass is 10.1. The molecular weight excluding hydrogens is 435 g/mol. The van der Waals surface area contributed by atoms with E-state index in [0.717, 1.165) is 0 Å². The van der Waals surface area contributed by atoms with Crippen molar-refractivity contribution >= 4 is 23.5 Å². The molecule has 1 aliphatic heterocycles. The van der Waals surface area contributed by atoms with E-state index < -0.39 is 0 Å². The highest BCUT2D eigenvalue weighted by atomic mass is 32.2. The van der Waals surface area contributed by atoms with Gasteiger partial charge in [0, 0.05) is 19.2 Å². The van der Waals surface area contributed by atoms with Crippen LogP contribution in [0.2, 0.25) is 0 Å². The smallest absolute Gasteiger partial charge is 0.232 e. The molecule has 1 saturated heterocycles. The lowest BCUT2D eigenvalue weighted by Crippen LogP contribution is -2.37. The van der Waals surface area contributed by atoms with Gasteiger partial charge in [-0.3, -0.25) is 9.36 Å². The molecule has 0 N–H and O–H groups in total.